The van der Waals surface area contributed by atoms with Crippen molar-refractivity contribution < 1.29 is 9.90 Å². The number of carboxylic acid groups (broad SMARTS) is 1. The zero-order valence-corrected chi connectivity index (χ0v) is 6.67. The van der Waals surface area contributed by atoms with E-state index >= 15 is 0 Å². The standard InChI is InChI=1S/C6H6ClN3O2/c7-5-3(6(11)12)1-2-4(9-5)10-8/h1-2H,8H2,(H,9,10)(H,11,12). The first-order valence-electron chi connectivity index (χ1n) is 3.01. The number of pyridine rings is 1. The van der Waals surface area contributed by atoms with Crippen LogP contribution in [-0.4, -0.2) is 16.1 Å². The Balaban J connectivity index is 3.12. The van der Waals surface area contributed by atoms with E-state index in [4.69, 9.17) is 22.6 Å². The van der Waals surface area contributed by atoms with E-state index in [-0.39, 0.29) is 10.7 Å². The van der Waals surface area contributed by atoms with E-state index in [1.165, 1.54) is 12.1 Å². The smallest absolute Gasteiger partial charge is 0.338 e. The van der Waals surface area contributed by atoms with Crippen LogP contribution in [0, 0.1) is 0 Å². The first-order chi connectivity index (χ1) is 5.65. The lowest BCUT2D eigenvalue weighted by Crippen LogP contribution is -2.09. The number of nitrogens with one attached hydrogen (secondary N) is 1. The minimum absolute atomic E-state index is 0.0457. The van der Waals surface area contributed by atoms with Crippen molar-refractivity contribution in [3.05, 3.63) is 22.8 Å². The lowest BCUT2D eigenvalue weighted by molar-refractivity contribution is 0.0696. The molecule has 0 aliphatic heterocycles. The molecular formula is C6H6ClN3O2. The van der Waals surface area contributed by atoms with Gasteiger partial charge in [0.15, 0.2) is 0 Å². The molecule has 0 fully saturated rings. The van der Waals surface area contributed by atoms with E-state index in [1.54, 1.807) is 0 Å². The molecule has 0 atom stereocenters. The average Bonchev–Trinajstić information content (AvgIpc) is 2.03. The predicted molar refractivity (Wildman–Crippen MR) is 44.0 cm³/mol. The van der Waals surface area contributed by atoms with Crippen LogP contribution in [0.2, 0.25) is 5.15 Å². The summed E-state index contributed by atoms with van der Waals surface area (Å²) < 4.78 is 0. The summed E-state index contributed by atoms with van der Waals surface area (Å²) in [4.78, 5) is 14.1. The van der Waals surface area contributed by atoms with Crippen LogP contribution in [0.15, 0.2) is 12.1 Å². The summed E-state index contributed by atoms with van der Waals surface area (Å²) in [6.45, 7) is 0. The molecule has 64 valence electrons. The van der Waals surface area contributed by atoms with Crippen LogP contribution in [-0.2, 0) is 0 Å². The number of anilines is 1. The molecule has 0 unspecified atom stereocenters. The quantitative estimate of drug-likeness (QED) is 0.361. The first-order valence-corrected chi connectivity index (χ1v) is 3.39. The molecule has 0 saturated carbocycles. The van der Waals surface area contributed by atoms with E-state index in [1.807, 2.05) is 0 Å². The van der Waals surface area contributed by atoms with Crippen molar-refractivity contribution in [1.82, 2.24) is 4.98 Å². The second kappa shape index (κ2) is 3.38. The fourth-order valence-electron chi connectivity index (χ4n) is 0.674. The summed E-state index contributed by atoms with van der Waals surface area (Å²) in [5.74, 6) is 4.24. The van der Waals surface area contributed by atoms with Crippen LogP contribution in [0.1, 0.15) is 10.4 Å². The number of aromatic nitrogens is 1. The highest BCUT2D eigenvalue weighted by molar-refractivity contribution is 6.32. The van der Waals surface area contributed by atoms with Crippen molar-refractivity contribution in [3.63, 3.8) is 0 Å². The average molecular weight is 188 g/mol. The van der Waals surface area contributed by atoms with Gasteiger partial charge in [-0.2, -0.15) is 0 Å². The molecule has 6 heteroatoms. The number of hydrogen-bond acceptors (Lipinski definition) is 4. The number of nitrogen functional groups attached to an aromatic ring is 1. The Morgan fingerprint density at radius 3 is 2.75 bits per heavy atom. The molecule has 0 aliphatic rings. The van der Waals surface area contributed by atoms with Crippen molar-refractivity contribution >= 4 is 23.4 Å². The van der Waals surface area contributed by atoms with Crippen molar-refractivity contribution in [2.24, 2.45) is 5.84 Å². The number of aromatic carboxylic acids is 1. The summed E-state index contributed by atoms with van der Waals surface area (Å²) >= 11 is 5.52. The number of carboxylic acids is 1. The van der Waals surface area contributed by atoms with E-state index in [0.29, 0.717) is 5.82 Å². The van der Waals surface area contributed by atoms with Crippen LogP contribution in [0.25, 0.3) is 0 Å². The maximum absolute atomic E-state index is 10.4. The molecule has 0 amide bonds. The first kappa shape index (κ1) is 8.76. The zero-order chi connectivity index (χ0) is 9.14. The fraction of sp³-hybridized carbons (Fsp3) is 0. The van der Waals surface area contributed by atoms with Gasteiger partial charge in [-0.25, -0.2) is 15.6 Å². The van der Waals surface area contributed by atoms with Crippen molar-refractivity contribution in [2.45, 2.75) is 0 Å². The Morgan fingerprint density at radius 2 is 2.33 bits per heavy atom. The highest BCUT2D eigenvalue weighted by Crippen LogP contribution is 2.15. The minimum Gasteiger partial charge on any atom is -0.478 e. The second-order valence-corrected chi connectivity index (χ2v) is 2.34. The van der Waals surface area contributed by atoms with Gasteiger partial charge < -0.3 is 10.5 Å². The molecule has 0 spiro atoms. The Kier molecular flexibility index (Phi) is 2.47. The highest BCUT2D eigenvalue weighted by atomic mass is 35.5. The topological polar surface area (TPSA) is 88.2 Å². The van der Waals surface area contributed by atoms with Gasteiger partial charge in [0, 0.05) is 0 Å². The van der Waals surface area contributed by atoms with Gasteiger partial charge in [-0.1, -0.05) is 11.6 Å². The predicted octanol–water partition coefficient (Wildman–Crippen LogP) is 0.719. The molecule has 1 heterocycles. The molecule has 5 nitrogen and oxygen atoms in total. The number of nitrogens with zero attached hydrogens (tertiary/aromatic N) is 1. The molecule has 1 aromatic heterocycles. The van der Waals surface area contributed by atoms with E-state index in [9.17, 15) is 4.79 Å². The van der Waals surface area contributed by atoms with Gasteiger partial charge in [-0.05, 0) is 12.1 Å². The van der Waals surface area contributed by atoms with Crippen LogP contribution in [0.4, 0.5) is 5.82 Å². The number of hydrazine groups is 1. The third kappa shape index (κ3) is 1.63. The number of nitrogens with two attached hydrogens (primary N) is 1. The SMILES string of the molecule is NNc1ccc(C(=O)O)c(Cl)n1. The molecule has 0 bridgehead atoms. The van der Waals surface area contributed by atoms with Gasteiger partial charge in [-0.15, -0.1) is 0 Å². The Hall–Kier alpha value is -1.33. The summed E-state index contributed by atoms with van der Waals surface area (Å²) in [5.41, 5.74) is 2.20. The third-order valence-electron chi connectivity index (χ3n) is 1.23. The molecule has 1 rings (SSSR count). The molecule has 4 N–H and O–H groups in total. The Morgan fingerprint density at radius 1 is 1.67 bits per heavy atom. The third-order valence-corrected chi connectivity index (χ3v) is 1.52. The fourth-order valence-corrected chi connectivity index (χ4v) is 0.909. The molecule has 0 aliphatic carbocycles. The summed E-state index contributed by atoms with van der Waals surface area (Å²) in [7, 11) is 0. The van der Waals surface area contributed by atoms with Gasteiger partial charge in [0.1, 0.15) is 11.0 Å². The molecule has 1 aromatic rings. The van der Waals surface area contributed by atoms with Gasteiger partial charge in [-0.3, -0.25) is 0 Å². The van der Waals surface area contributed by atoms with Gasteiger partial charge in [0.25, 0.3) is 0 Å². The van der Waals surface area contributed by atoms with E-state index in [2.05, 4.69) is 10.4 Å². The maximum atomic E-state index is 10.4. The highest BCUT2D eigenvalue weighted by Gasteiger charge is 2.09. The van der Waals surface area contributed by atoms with Gasteiger partial charge in [0.2, 0.25) is 0 Å². The van der Waals surface area contributed by atoms with E-state index < -0.39 is 5.97 Å². The molecule has 12 heavy (non-hydrogen) atoms. The molecule has 0 aromatic carbocycles. The summed E-state index contributed by atoms with van der Waals surface area (Å²) in [5, 5.41) is 8.47. The van der Waals surface area contributed by atoms with Crippen molar-refractivity contribution in [2.75, 3.05) is 5.43 Å². The monoisotopic (exact) mass is 187 g/mol. The van der Waals surface area contributed by atoms with Crippen LogP contribution in [0.5, 0.6) is 0 Å². The normalized spacial score (nSPS) is 9.50. The Bertz CT molecular complexity index is 316. The lowest BCUT2D eigenvalue weighted by atomic mass is 10.3. The largest absolute Gasteiger partial charge is 0.478 e. The van der Waals surface area contributed by atoms with Crippen molar-refractivity contribution in [1.29, 1.82) is 0 Å². The van der Waals surface area contributed by atoms with E-state index in [0.717, 1.165) is 0 Å². The number of halogens is 1. The number of carbonyl (C=O) groups is 1. The number of rotatable bonds is 2. The maximum Gasteiger partial charge on any atom is 0.338 e. The molecule has 0 saturated heterocycles. The summed E-state index contributed by atoms with van der Waals surface area (Å²) in [6.07, 6.45) is 0. The second-order valence-electron chi connectivity index (χ2n) is 1.98. The lowest BCUT2D eigenvalue weighted by Gasteiger charge is -2.00. The van der Waals surface area contributed by atoms with Crippen LogP contribution >= 0.6 is 11.6 Å². The van der Waals surface area contributed by atoms with Gasteiger partial charge in [0.05, 0.1) is 5.56 Å². The van der Waals surface area contributed by atoms with Gasteiger partial charge >= 0.3 is 5.97 Å². The molecule has 0 radical (unpaired) electrons. The minimum atomic E-state index is -1.11. The van der Waals surface area contributed by atoms with Crippen LogP contribution < -0.4 is 11.3 Å². The zero-order valence-electron chi connectivity index (χ0n) is 5.91. The van der Waals surface area contributed by atoms with Crippen molar-refractivity contribution in [3.8, 4) is 0 Å². The molecular weight excluding hydrogens is 182 g/mol. The summed E-state index contributed by atoms with van der Waals surface area (Å²) in [6, 6.07) is 2.75. The number of hydrogen-bond donors (Lipinski definition) is 3. The Labute approximate surface area is 73.1 Å². The van der Waals surface area contributed by atoms with Crippen LogP contribution in [0.3, 0.4) is 0 Å².